The Kier molecular flexibility index (Phi) is 8.17. The monoisotopic (exact) mass is 520 g/mol. The van der Waals surface area contributed by atoms with Crippen LogP contribution in [0.3, 0.4) is 0 Å². The molecule has 4 heterocycles. The zero-order valence-electron chi connectivity index (χ0n) is 22.8. The van der Waals surface area contributed by atoms with Gasteiger partial charge in [-0.2, -0.15) is 0 Å². The zero-order valence-corrected chi connectivity index (χ0v) is 22.8. The molecule has 8 nitrogen and oxygen atoms in total. The van der Waals surface area contributed by atoms with E-state index in [9.17, 15) is 9.59 Å². The molecule has 0 saturated carbocycles. The lowest BCUT2D eigenvalue weighted by atomic mass is 9.92. The summed E-state index contributed by atoms with van der Waals surface area (Å²) in [5, 5.41) is 3.45. The quantitative estimate of drug-likeness (QED) is 0.608. The number of carbonyl (C=O) groups excluding carboxylic acids is 2. The Bertz CT molecular complexity index is 1120. The Balaban J connectivity index is 1.14. The average molecular weight is 521 g/mol. The third kappa shape index (κ3) is 6.12. The molecule has 5 rings (SSSR count). The number of ether oxygens (including phenoxy) is 2. The summed E-state index contributed by atoms with van der Waals surface area (Å²) < 4.78 is 11.5. The zero-order chi connectivity index (χ0) is 26.6. The van der Waals surface area contributed by atoms with Crippen LogP contribution >= 0.6 is 0 Å². The Morgan fingerprint density at radius 3 is 2.37 bits per heavy atom. The summed E-state index contributed by atoms with van der Waals surface area (Å²) in [6.45, 7) is 9.69. The summed E-state index contributed by atoms with van der Waals surface area (Å²) in [4.78, 5) is 33.3. The molecule has 8 heteroatoms. The Hall–Kier alpha value is -3.13. The van der Waals surface area contributed by atoms with Gasteiger partial charge in [-0.15, -0.1) is 0 Å². The number of likely N-dealkylation sites (tertiary alicyclic amines) is 2. The highest BCUT2D eigenvalue weighted by Crippen LogP contribution is 2.28. The second kappa shape index (κ2) is 11.7. The van der Waals surface area contributed by atoms with E-state index < -0.39 is 0 Å². The number of rotatable bonds is 6. The average Bonchev–Trinajstić information content (AvgIpc) is 3.47. The van der Waals surface area contributed by atoms with Gasteiger partial charge < -0.3 is 24.6 Å². The SMILES string of the molecule is CC(C)OC(=O)N1CCC(C(C)Oc2ccc(-c3ccc4c(c3)CNC(C(=O)N3CCCC3)C4)cn2)CC1. The normalized spacial score (nSPS) is 20.8. The highest BCUT2D eigenvalue weighted by Gasteiger charge is 2.30. The molecule has 2 fully saturated rings. The number of nitrogens with zero attached hydrogens (tertiary/aromatic N) is 3. The largest absolute Gasteiger partial charge is 0.474 e. The van der Waals surface area contributed by atoms with Gasteiger partial charge in [0.15, 0.2) is 0 Å². The number of hydrogen-bond acceptors (Lipinski definition) is 6. The molecule has 38 heavy (non-hydrogen) atoms. The van der Waals surface area contributed by atoms with Crippen molar-refractivity contribution in [1.82, 2.24) is 20.1 Å². The second-order valence-corrected chi connectivity index (χ2v) is 11.1. The van der Waals surface area contributed by atoms with Gasteiger partial charge >= 0.3 is 6.09 Å². The number of pyridine rings is 1. The fraction of sp³-hybridized carbons (Fsp3) is 0.567. The van der Waals surface area contributed by atoms with Crippen LogP contribution in [0, 0.1) is 5.92 Å². The van der Waals surface area contributed by atoms with E-state index in [0.29, 0.717) is 31.4 Å². The van der Waals surface area contributed by atoms with Crippen molar-refractivity contribution in [3.05, 3.63) is 47.7 Å². The van der Waals surface area contributed by atoms with Crippen molar-refractivity contribution < 1.29 is 19.1 Å². The summed E-state index contributed by atoms with van der Waals surface area (Å²) in [6.07, 6.45) is 6.31. The molecule has 204 valence electrons. The van der Waals surface area contributed by atoms with Crippen LogP contribution < -0.4 is 10.1 Å². The second-order valence-electron chi connectivity index (χ2n) is 11.1. The van der Waals surface area contributed by atoms with Crippen molar-refractivity contribution >= 4 is 12.0 Å². The van der Waals surface area contributed by atoms with Crippen LogP contribution in [0.25, 0.3) is 11.1 Å². The molecule has 1 aromatic carbocycles. The van der Waals surface area contributed by atoms with Gasteiger partial charge in [-0.3, -0.25) is 4.79 Å². The third-order valence-corrected chi connectivity index (χ3v) is 8.06. The van der Waals surface area contributed by atoms with Crippen molar-refractivity contribution in [3.63, 3.8) is 0 Å². The number of hydrogen-bond donors (Lipinski definition) is 1. The van der Waals surface area contributed by atoms with Gasteiger partial charge in [0.1, 0.15) is 6.10 Å². The van der Waals surface area contributed by atoms with Gasteiger partial charge in [0.2, 0.25) is 11.8 Å². The minimum atomic E-state index is -0.224. The van der Waals surface area contributed by atoms with E-state index >= 15 is 0 Å². The van der Waals surface area contributed by atoms with E-state index in [-0.39, 0.29) is 30.3 Å². The first-order valence-electron chi connectivity index (χ1n) is 14.1. The minimum Gasteiger partial charge on any atom is -0.474 e. The third-order valence-electron chi connectivity index (χ3n) is 8.06. The molecule has 0 spiro atoms. The van der Waals surface area contributed by atoms with Crippen LogP contribution in [-0.2, 0) is 22.5 Å². The van der Waals surface area contributed by atoms with Crippen molar-refractivity contribution in [2.75, 3.05) is 26.2 Å². The first-order chi connectivity index (χ1) is 18.4. The number of carbonyl (C=O) groups is 2. The smallest absolute Gasteiger partial charge is 0.410 e. The first kappa shape index (κ1) is 26.5. The molecule has 1 aromatic heterocycles. The highest BCUT2D eigenvalue weighted by atomic mass is 16.6. The highest BCUT2D eigenvalue weighted by molar-refractivity contribution is 5.83. The number of aromatic nitrogens is 1. The molecule has 0 aliphatic carbocycles. The van der Waals surface area contributed by atoms with Crippen LogP contribution in [-0.4, -0.2) is 71.2 Å². The summed E-state index contributed by atoms with van der Waals surface area (Å²) >= 11 is 0. The van der Waals surface area contributed by atoms with Gasteiger partial charge in [0, 0.05) is 50.6 Å². The van der Waals surface area contributed by atoms with Gasteiger partial charge in [-0.1, -0.05) is 12.1 Å². The summed E-state index contributed by atoms with van der Waals surface area (Å²) in [6, 6.07) is 10.4. The fourth-order valence-electron chi connectivity index (χ4n) is 5.76. The summed E-state index contributed by atoms with van der Waals surface area (Å²) in [7, 11) is 0. The van der Waals surface area contributed by atoms with Crippen molar-refractivity contribution in [3.8, 4) is 17.0 Å². The Labute approximate surface area is 225 Å². The minimum absolute atomic E-state index is 0.0163. The van der Waals surface area contributed by atoms with E-state index in [0.717, 1.165) is 56.3 Å². The first-order valence-corrected chi connectivity index (χ1v) is 14.1. The predicted molar refractivity (Wildman–Crippen MR) is 146 cm³/mol. The summed E-state index contributed by atoms with van der Waals surface area (Å²) in [5.41, 5.74) is 4.64. The van der Waals surface area contributed by atoms with E-state index in [4.69, 9.17) is 9.47 Å². The lowest BCUT2D eigenvalue weighted by Crippen LogP contribution is -2.48. The predicted octanol–water partition coefficient (Wildman–Crippen LogP) is 4.41. The molecule has 0 radical (unpaired) electrons. The molecule has 2 saturated heterocycles. The molecule has 2 unspecified atom stereocenters. The Morgan fingerprint density at radius 2 is 1.68 bits per heavy atom. The lowest BCUT2D eigenvalue weighted by molar-refractivity contribution is -0.132. The van der Waals surface area contributed by atoms with E-state index in [1.54, 1.807) is 4.90 Å². The van der Waals surface area contributed by atoms with E-state index in [2.05, 4.69) is 41.5 Å². The summed E-state index contributed by atoms with van der Waals surface area (Å²) in [5.74, 6) is 1.23. The fourth-order valence-corrected chi connectivity index (χ4v) is 5.76. The molecule has 2 amide bonds. The lowest BCUT2D eigenvalue weighted by Gasteiger charge is -2.34. The molecule has 3 aliphatic heterocycles. The number of fused-ring (bicyclic) bond motifs is 1. The van der Waals surface area contributed by atoms with Gasteiger partial charge in [0.05, 0.1) is 12.1 Å². The van der Waals surface area contributed by atoms with Crippen molar-refractivity contribution in [1.29, 1.82) is 0 Å². The van der Waals surface area contributed by atoms with Crippen LogP contribution in [0.15, 0.2) is 36.5 Å². The van der Waals surface area contributed by atoms with E-state index in [1.165, 1.54) is 11.1 Å². The van der Waals surface area contributed by atoms with Crippen molar-refractivity contribution in [2.24, 2.45) is 5.92 Å². The number of nitrogens with one attached hydrogen (secondary N) is 1. The molecular weight excluding hydrogens is 480 g/mol. The molecule has 1 N–H and O–H groups in total. The van der Waals surface area contributed by atoms with Gasteiger partial charge in [-0.25, -0.2) is 9.78 Å². The Morgan fingerprint density at radius 1 is 0.947 bits per heavy atom. The van der Waals surface area contributed by atoms with Crippen LogP contribution in [0.1, 0.15) is 57.6 Å². The number of amides is 2. The maximum atomic E-state index is 12.8. The number of piperidine rings is 1. The number of benzene rings is 1. The standard InChI is InChI=1S/C30H40N4O4/c1-20(2)37-30(36)34-14-10-22(11-15-34)21(3)38-28-9-8-25(18-32-28)23-6-7-24-17-27(31-19-26(24)16-23)29(35)33-12-4-5-13-33/h6-9,16,18,20-22,27,31H,4-5,10-15,17,19H2,1-3H3. The van der Waals surface area contributed by atoms with E-state index in [1.807, 2.05) is 31.0 Å². The van der Waals surface area contributed by atoms with Crippen LogP contribution in [0.4, 0.5) is 4.79 Å². The molecule has 2 atom stereocenters. The van der Waals surface area contributed by atoms with Gasteiger partial charge in [0.25, 0.3) is 0 Å². The van der Waals surface area contributed by atoms with Gasteiger partial charge in [-0.05, 0) is 87.6 Å². The molecule has 3 aliphatic rings. The topological polar surface area (TPSA) is 84.0 Å². The van der Waals surface area contributed by atoms with Crippen molar-refractivity contribution in [2.45, 2.75) is 77.7 Å². The molecule has 0 bridgehead atoms. The maximum absolute atomic E-state index is 12.8. The maximum Gasteiger partial charge on any atom is 0.410 e. The molecule has 2 aromatic rings. The van der Waals surface area contributed by atoms with Crippen LogP contribution in [0.5, 0.6) is 5.88 Å². The molecular formula is C30H40N4O4. The van der Waals surface area contributed by atoms with Crippen LogP contribution in [0.2, 0.25) is 0 Å².